The van der Waals surface area contributed by atoms with Gasteiger partial charge >= 0.3 is 0 Å². The largest absolute Gasteiger partial charge is 0.370 e. The number of anilines is 3. The van der Waals surface area contributed by atoms with E-state index in [9.17, 15) is 14.0 Å². The van der Waals surface area contributed by atoms with E-state index in [0.29, 0.717) is 16.9 Å². The van der Waals surface area contributed by atoms with Crippen LogP contribution < -0.4 is 15.5 Å². The van der Waals surface area contributed by atoms with Crippen LogP contribution in [0.2, 0.25) is 0 Å². The zero-order chi connectivity index (χ0) is 21.0. The van der Waals surface area contributed by atoms with Gasteiger partial charge in [0, 0.05) is 29.8 Å². The van der Waals surface area contributed by atoms with Gasteiger partial charge in [-0.25, -0.2) is 4.39 Å². The van der Waals surface area contributed by atoms with Gasteiger partial charge in [-0.3, -0.25) is 9.59 Å². The number of carbonyl (C=O) groups is 2. The van der Waals surface area contributed by atoms with Gasteiger partial charge in [-0.15, -0.1) is 0 Å². The van der Waals surface area contributed by atoms with Crippen molar-refractivity contribution in [3.05, 3.63) is 53.8 Å². The van der Waals surface area contributed by atoms with Crippen LogP contribution in [0.5, 0.6) is 0 Å². The van der Waals surface area contributed by atoms with Gasteiger partial charge in [0.05, 0.1) is 11.4 Å². The van der Waals surface area contributed by atoms with E-state index in [4.69, 9.17) is 0 Å². The van der Waals surface area contributed by atoms with Crippen molar-refractivity contribution in [2.45, 2.75) is 40.0 Å². The normalized spacial score (nSPS) is 14.4. The molecule has 5 nitrogen and oxygen atoms in total. The molecular weight excluding hydrogens is 369 g/mol. The minimum atomic E-state index is -0.539. The van der Waals surface area contributed by atoms with E-state index in [-0.39, 0.29) is 11.8 Å². The molecule has 0 radical (unpaired) electrons. The second-order valence-corrected chi connectivity index (χ2v) is 8.45. The molecule has 0 unspecified atom stereocenters. The summed E-state index contributed by atoms with van der Waals surface area (Å²) >= 11 is 0. The Bertz CT molecular complexity index is 899. The van der Waals surface area contributed by atoms with Crippen LogP contribution in [0.1, 0.15) is 50.4 Å². The molecule has 29 heavy (non-hydrogen) atoms. The molecule has 2 aromatic carbocycles. The number of hydrogen-bond acceptors (Lipinski definition) is 3. The zero-order valence-electron chi connectivity index (χ0n) is 17.2. The number of nitrogens with one attached hydrogen (secondary N) is 2. The highest BCUT2D eigenvalue weighted by Crippen LogP contribution is 2.30. The summed E-state index contributed by atoms with van der Waals surface area (Å²) in [5, 5.41) is 5.67. The Hall–Kier alpha value is -2.89. The van der Waals surface area contributed by atoms with Gasteiger partial charge in [-0.05, 0) is 55.7 Å². The fraction of sp³-hybridized carbons (Fsp3) is 0.391. The summed E-state index contributed by atoms with van der Waals surface area (Å²) in [7, 11) is 0. The van der Waals surface area contributed by atoms with Crippen LogP contribution in [-0.4, -0.2) is 24.9 Å². The number of hydrogen-bond donors (Lipinski definition) is 2. The van der Waals surface area contributed by atoms with E-state index < -0.39 is 11.2 Å². The molecule has 0 spiro atoms. The molecule has 6 heteroatoms. The highest BCUT2D eigenvalue weighted by atomic mass is 19.1. The summed E-state index contributed by atoms with van der Waals surface area (Å²) < 4.78 is 13.9. The molecule has 1 aliphatic heterocycles. The first kappa shape index (κ1) is 20.8. The van der Waals surface area contributed by atoms with Crippen molar-refractivity contribution in [3.8, 4) is 0 Å². The lowest BCUT2D eigenvalue weighted by Gasteiger charge is -2.30. The summed E-state index contributed by atoms with van der Waals surface area (Å²) in [5.74, 6) is -0.874. The van der Waals surface area contributed by atoms with E-state index in [1.54, 1.807) is 30.3 Å². The Morgan fingerprint density at radius 3 is 2.38 bits per heavy atom. The van der Waals surface area contributed by atoms with E-state index in [1.807, 2.05) is 20.8 Å². The molecule has 2 amide bonds. The number of rotatable bonds is 4. The standard InChI is InChI=1S/C23H28FN3O2/c1-23(2,3)22(29)25-18-9-7-8-16(14-18)21(28)26-19-15-17(24)10-11-20(19)27-12-5-4-6-13-27/h7-11,14-15H,4-6,12-13H2,1-3H3,(H,25,29)(H,26,28). The average molecular weight is 397 g/mol. The van der Waals surface area contributed by atoms with Crippen molar-refractivity contribution < 1.29 is 14.0 Å². The van der Waals surface area contributed by atoms with Crippen molar-refractivity contribution in [1.29, 1.82) is 0 Å². The Morgan fingerprint density at radius 2 is 1.69 bits per heavy atom. The van der Waals surface area contributed by atoms with E-state index in [2.05, 4.69) is 15.5 Å². The third-order valence-electron chi connectivity index (χ3n) is 4.97. The van der Waals surface area contributed by atoms with E-state index in [0.717, 1.165) is 31.6 Å². The number of halogens is 1. The van der Waals surface area contributed by atoms with Gasteiger partial charge in [-0.2, -0.15) is 0 Å². The average Bonchev–Trinajstić information content (AvgIpc) is 2.68. The lowest BCUT2D eigenvalue weighted by molar-refractivity contribution is -0.123. The Morgan fingerprint density at radius 1 is 0.966 bits per heavy atom. The second kappa shape index (κ2) is 8.64. The lowest BCUT2D eigenvalue weighted by atomic mass is 9.95. The van der Waals surface area contributed by atoms with E-state index in [1.165, 1.54) is 18.6 Å². The molecule has 1 aliphatic rings. The first-order valence-electron chi connectivity index (χ1n) is 10.0. The fourth-order valence-corrected chi connectivity index (χ4v) is 3.27. The predicted octanol–water partition coefficient (Wildman–Crippen LogP) is 5.05. The van der Waals surface area contributed by atoms with Gasteiger partial charge in [0.1, 0.15) is 5.82 Å². The molecule has 1 fully saturated rings. The van der Waals surface area contributed by atoms with Crippen LogP contribution in [0.4, 0.5) is 21.5 Å². The first-order chi connectivity index (χ1) is 13.7. The highest BCUT2D eigenvalue weighted by molar-refractivity contribution is 6.07. The third kappa shape index (κ3) is 5.34. The van der Waals surface area contributed by atoms with Crippen molar-refractivity contribution in [1.82, 2.24) is 0 Å². The molecule has 0 bridgehead atoms. The molecular formula is C23H28FN3O2. The molecule has 0 atom stereocenters. The van der Waals surface area contributed by atoms with Crippen LogP contribution in [0.25, 0.3) is 0 Å². The van der Waals surface area contributed by atoms with Crippen LogP contribution in [0.3, 0.4) is 0 Å². The summed E-state index contributed by atoms with van der Waals surface area (Å²) in [6.45, 7) is 7.26. The molecule has 2 N–H and O–H groups in total. The van der Waals surface area contributed by atoms with E-state index >= 15 is 0 Å². The first-order valence-corrected chi connectivity index (χ1v) is 10.0. The van der Waals surface area contributed by atoms with Crippen molar-refractivity contribution in [2.75, 3.05) is 28.6 Å². The SMILES string of the molecule is CC(C)(C)C(=O)Nc1cccc(C(=O)Nc2cc(F)ccc2N2CCCCC2)c1. The topological polar surface area (TPSA) is 61.4 Å². The van der Waals surface area contributed by atoms with Crippen LogP contribution in [-0.2, 0) is 4.79 Å². The smallest absolute Gasteiger partial charge is 0.255 e. The van der Waals surface area contributed by atoms with Gasteiger partial charge in [-0.1, -0.05) is 26.8 Å². The quantitative estimate of drug-likeness (QED) is 0.759. The number of piperidine rings is 1. The maximum Gasteiger partial charge on any atom is 0.255 e. The van der Waals surface area contributed by atoms with Crippen LogP contribution >= 0.6 is 0 Å². The maximum absolute atomic E-state index is 13.9. The molecule has 0 saturated carbocycles. The minimum absolute atomic E-state index is 0.132. The number of carbonyl (C=O) groups excluding carboxylic acids is 2. The van der Waals surface area contributed by atoms with Gasteiger partial charge < -0.3 is 15.5 Å². The molecule has 1 heterocycles. The van der Waals surface area contributed by atoms with Gasteiger partial charge in [0.15, 0.2) is 0 Å². The zero-order valence-corrected chi connectivity index (χ0v) is 17.2. The highest BCUT2D eigenvalue weighted by Gasteiger charge is 2.22. The van der Waals surface area contributed by atoms with Gasteiger partial charge in [0.2, 0.25) is 5.91 Å². The maximum atomic E-state index is 13.9. The molecule has 1 saturated heterocycles. The number of benzene rings is 2. The molecule has 3 rings (SSSR count). The molecule has 154 valence electrons. The van der Waals surface area contributed by atoms with Crippen LogP contribution in [0.15, 0.2) is 42.5 Å². The third-order valence-corrected chi connectivity index (χ3v) is 4.97. The second-order valence-electron chi connectivity index (χ2n) is 8.45. The van der Waals surface area contributed by atoms with Crippen molar-refractivity contribution in [3.63, 3.8) is 0 Å². The lowest BCUT2D eigenvalue weighted by Crippen LogP contribution is -2.30. The molecule has 0 aliphatic carbocycles. The van der Waals surface area contributed by atoms with Crippen molar-refractivity contribution >= 4 is 28.9 Å². The van der Waals surface area contributed by atoms with Crippen LogP contribution in [0, 0.1) is 11.2 Å². The molecule has 2 aromatic rings. The summed E-state index contributed by atoms with van der Waals surface area (Å²) in [6.07, 6.45) is 3.35. The summed E-state index contributed by atoms with van der Waals surface area (Å²) in [4.78, 5) is 27.2. The Labute approximate surface area is 171 Å². The number of amides is 2. The molecule has 0 aromatic heterocycles. The number of nitrogens with zero attached hydrogens (tertiary/aromatic N) is 1. The fourth-order valence-electron chi connectivity index (χ4n) is 3.27. The minimum Gasteiger partial charge on any atom is -0.370 e. The Kier molecular flexibility index (Phi) is 6.20. The van der Waals surface area contributed by atoms with Gasteiger partial charge in [0.25, 0.3) is 5.91 Å². The van der Waals surface area contributed by atoms with Crippen molar-refractivity contribution in [2.24, 2.45) is 5.41 Å². The monoisotopic (exact) mass is 397 g/mol. The summed E-state index contributed by atoms with van der Waals surface area (Å²) in [6, 6.07) is 11.2. The summed E-state index contributed by atoms with van der Waals surface area (Å²) in [5.41, 5.74) is 1.69. The predicted molar refractivity (Wildman–Crippen MR) is 115 cm³/mol. The Balaban J connectivity index is 1.79.